The number of amides is 3. The number of imide groups is 1. The Hall–Kier alpha value is -1.49. The Morgan fingerprint density at radius 2 is 1.91 bits per heavy atom. The molecule has 0 bridgehead atoms. The van der Waals surface area contributed by atoms with E-state index in [0.29, 0.717) is 0 Å². The predicted molar refractivity (Wildman–Crippen MR) is 95.5 cm³/mol. The average Bonchev–Trinajstić information content (AvgIpc) is 2.54. The molecule has 0 spiro atoms. The third-order valence-electron chi connectivity index (χ3n) is 4.30. The van der Waals surface area contributed by atoms with Gasteiger partial charge in [-0.1, -0.05) is 43.5 Å². The Kier molecular flexibility index (Phi) is 6.96. The van der Waals surface area contributed by atoms with Crippen molar-refractivity contribution in [1.82, 2.24) is 10.6 Å². The van der Waals surface area contributed by atoms with Gasteiger partial charge in [0.1, 0.15) is 0 Å². The SMILES string of the molecule is Cc1ccccc1CS[C@@H](C)C(=O)NC(=O)NC1CCCCC1. The number of hydrogen-bond donors (Lipinski definition) is 2. The van der Waals surface area contributed by atoms with Crippen LogP contribution in [0.5, 0.6) is 0 Å². The van der Waals surface area contributed by atoms with E-state index in [4.69, 9.17) is 0 Å². The summed E-state index contributed by atoms with van der Waals surface area (Å²) in [5.41, 5.74) is 2.45. The number of carbonyl (C=O) groups excluding carboxylic acids is 2. The van der Waals surface area contributed by atoms with Gasteiger partial charge in [-0.2, -0.15) is 0 Å². The molecule has 2 rings (SSSR count). The highest BCUT2D eigenvalue weighted by Gasteiger charge is 2.20. The van der Waals surface area contributed by atoms with Crippen LogP contribution in [-0.4, -0.2) is 23.2 Å². The van der Waals surface area contributed by atoms with Gasteiger partial charge in [-0.3, -0.25) is 10.1 Å². The third-order valence-corrected chi connectivity index (χ3v) is 5.49. The number of thioether (sulfide) groups is 1. The van der Waals surface area contributed by atoms with Crippen LogP contribution in [0.3, 0.4) is 0 Å². The van der Waals surface area contributed by atoms with Gasteiger partial charge in [0.2, 0.25) is 5.91 Å². The van der Waals surface area contributed by atoms with Crippen molar-refractivity contribution in [1.29, 1.82) is 0 Å². The first-order chi connectivity index (χ1) is 11.1. The van der Waals surface area contributed by atoms with Gasteiger partial charge in [0.15, 0.2) is 0 Å². The lowest BCUT2D eigenvalue weighted by Gasteiger charge is -2.23. The molecule has 23 heavy (non-hydrogen) atoms. The summed E-state index contributed by atoms with van der Waals surface area (Å²) < 4.78 is 0. The van der Waals surface area contributed by atoms with E-state index in [1.165, 1.54) is 17.5 Å². The van der Waals surface area contributed by atoms with Crippen molar-refractivity contribution in [3.8, 4) is 0 Å². The van der Waals surface area contributed by atoms with E-state index < -0.39 is 0 Å². The van der Waals surface area contributed by atoms with Gasteiger partial charge in [0.25, 0.3) is 0 Å². The average molecular weight is 334 g/mol. The lowest BCUT2D eigenvalue weighted by Crippen LogP contribution is -2.47. The molecule has 1 aliphatic rings. The zero-order chi connectivity index (χ0) is 16.7. The van der Waals surface area contributed by atoms with Gasteiger partial charge in [-0.25, -0.2) is 4.79 Å². The molecule has 0 aliphatic heterocycles. The summed E-state index contributed by atoms with van der Waals surface area (Å²) in [7, 11) is 0. The first-order valence-corrected chi connectivity index (χ1v) is 9.38. The van der Waals surface area contributed by atoms with Crippen molar-refractivity contribution in [3.05, 3.63) is 35.4 Å². The lowest BCUT2D eigenvalue weighted by atomic mass is 9.96. The first-order valence-electron chi connectivity index (χ1n) is 8.33. The molecule has 1 atom stereocenters. The highest BCUT2D eigenvalue weighted by molar-refractivity contribution is 7.99. The summed E-state index contributed by atoms with van der Waals surface area (Å²) in [5, 5.41) is 5.12. The fourth-order valence-corrected chi connectivity index (χ4v) is 3.71. The van der Waals surface area contributed by atoms with E-state index in [1.807, 2.05) is 19.1 Å². The molecule has 1 saturated carbocycles. The quantitative estimate of drug-likeness (QED) is 0.861. The first kappa shape index (κ1) is 17.9. The zero-order valence-electron chi connectivity index (χ0n) is 13.9. The molecule has 0 saturated heterocycles. The molecule has 3 amide bonds. The zero-order valence-corrected chi connectivity index (χ0v) is 14.7. The second-order valence-corrected chi connectivity index (χ2v) is 7.51. The number of benzene rings is 1. The highest BCUT2D eigenvalue weighted by Crippen LogP contribution is 2.20. The van der Waals surface area contributed by atoms with E-state index in [-0.39, 0.29) is 23.2 Å². The second kappa shape index (κ2) is 8.96. The maximum absolute atomic E-state index is 12.1. The number of aryl methyl sites for hydroxylation is 1. The Morgan fingerprint density at radius 1 is 1.22 bits per heavy atom. The summed E-state index contributed by atoms with van der Waals surface area (Å²) >= 11 is 1.55. The van der Waals surface area contributed by atoms with Crippen LogP contribution in [0.2, 0.25) is 0 Å². The molecule has 5 heteroatoms. The Bertz CT molecular complexity index is 542. The van der Waals surface area contributed by atoms with Gasteiger partial charge in [-0.15, -0.1) is 11.8 Å². The summed E-state index contributed by atoms with van der Waals surface area (Å²) in [6, 6.07) is 8.01. The number of urea groups is 1. The Morgan fingerprint density at radius 3 is 2.61 bits per heavy atom. The van der Waals surface area contributed by atoms with Crippen LogP contribution in [0, 0.1) is 6.92 Å². The fourth-order valence-electron chi connectivity index (χ4n) is 2.74. The van der Waals surface area contributed by atoms with Crippen molar-refractivity contribution in [2.45, 2.75) is 63.0 Å². The maximum Gasteiger partial charge on any atom is 0.321 e. The van der Waals surface area contributed by atoms with E-state index in [9.17, 15) is 9.59 Å². The molecular weight excluding hydrogens is 308 g/mol. The third kappa shape index (κ3) is 5.90. The van der Waals surface area contributed by atoms with E-state index >= 15 is 0 Å². The van der Waals surface area contributed by atoms with Crippen molar-refractivity contribution >= 4 is 23.7 Å². The maximum atomic E-state index is 12.1. The largest absolute Gasteiger partial charge is 0.335 e. The normalized spacial score (nSPS) is 16.6. The topological polar surface area (TPSA) is 58.2 Å². The Balaban J connectivity index is 1.73. The van der Waals surface area contributed by atoms with Crippen LogP contribution in [0.1, 0.15) is 50.2 Å². The molecule has 0 aromatic heterocycles. The minimum absolute atomic E-state index is 0.214. The molecule has 126 valence electrons. The monoisotopic (exact) mass is 334 g/mol. The van der Waals surface area contributed by atoms with Gasteiger partial charge in [0.05, 0.1) is 5.25 Å². The number of carbonyl (C=O) groups is 2. The molecular formula is C18H26N2O2S. The van der Waals surface area contributed by atoms with Crippen molar-refractivity contribution < 1.29 is 9.59 Å². The highest BCUT2D eigenvalue weighted by atomic mass is 32.2. The molecule has 0 heterocycles. The minimum atomic E-state index is -0.356. The molecule has 4 nitrogen and oxygen atoms in total. The second-order valence-electron chi connectivity index (χ2n) is 6.18. The smallest absolute Gasteiger partial charge is 0.321 e. The van der Waals surface area contributed by atoms with Gasteiger partial charge in [0, 0.05) is 11.8 Å². The van der Waals surface area contributed by atoms with E-state index in [1.54, 1.807) is 11.8 Å². The molecule has 1 aromatic carbocycles. The molecule has 1 aliphatic carbocycles. The van der Waals surface area contributed by atoms with Crippen molar-refractivity contribution in [2.24, 2.45) is 0 Å². The predicted octanol–water partition coefficient (Wildman–Crippen LogP) is 3.78. The molecule has 1 fully saturated rings. The Labute approximate surface area is 142 Å². The van der Waals surface area contributed by atoms with Crippen LogP contribution >= 0.6 is 11.8 Å². The molecule has 0 unspecified atom stereocenters. The lowest BCUT2D eigenvalue weighted by molar-refractivity contribution is -0.119. The van der Waals surface area contributed by atoms with Crippen molar-refractivity contribution in [3.63, 3.8) is 0 Å². The van der Waals surface area contributed by atoms with Crippen molar-refractivity contribution in [2.75, 3.05) is 0 Å². The van der Waals surface area contributed by atoms with Crippen LogP contribution in [-0.2, 0) is 10.5 Å². The molecule has 0 radical (unpaired) electrons. The van der Waals surface area contributed by atoms with Crippen LogP contribution in [0.25, 0.3) is 0 Å². The summed E-state index contributed by atoms with van der Waals surface area (Å²) in [4.78, 5) is 24.0. The standard InChI is InChI=1S/C18H26N2O2S/c1-13-8-6-7-9-15(13)12-23-14(2)17(21)20-18(22)19-16-10-4-3-5-11-16/h6-9,14,16H,3-5,10-12H2,1-2H3,(H2,19,20,21,22)/t14-/m0/s1. The number of rotatable bonds is 5. The van der Waals surface area contributed by atoms with Gasteiger partial charge < -0.3 is 5.32 Å². The molecule has 2 N–H and O–H groups in total. The minimum Gasteiger partial charge on any atom is -0.335 e. The summed E-state index contributed by atoms with van der Waals surface area (Å²) in [5.74, 6) is 0.544. The summed E-state index contributed by atoms with van der Waals surface area (Å²) in [6.45, 7) is 3.91. The van der Waals surface area contributed by atoms with Gasteiger partial charge in [-0.05, 0) is 37.8 Å². The van der Waals surface area contributed by atoms with Gasteiger partial charge >= 0.3 is 6.03 Å². The number of hydrogen-bond acceptors (Lipinski definition) is 3. The fraction of sp³-hybridized carbons (Fsp3) is 0.556. The van der Waals surface area contributed by atoms with Crippen LogP contribution in [0.4, 0.5) is 4.79 Å². The van der Waals surface area contributed by atoms with Crippen LogP contribution < -0.4 is 10.6 Å². The number of nitrogens with one attached hydrogen (secondary N) is 2. The molecule has 1 aromatic rings. The van der Waals surface area contributed by atoms with E-state index in [2.05, 4.69) is 29.7 Å². The van der Waals surface area contributed by atoms with Crippen LogP contribution in [0.15, 0.2) is 24.3 Å². The van der Waals surface area contributed by atoms with E-state index in [0.717, 1.165) is 31.4 Å². The summed E-state index contributed by atoms with van der Waals surface area (Å²) in [6.07, 6.45) is 5.58.